The normalized spacial score (nSPS) is 18.0. The van der Waals surface area contributed by atoms with Crippen molar-refractivity contribution in [2.24, 2.45) is 16.7 Å². The monoisotopic (exact) mass is 234 g/mol. The van der Waals surface area contributed by atoms with E-state index in [1.165, 1.54) is 0 Å². The van der Waals surface area contributed by atoms with E-state index in [0.29, 0.717) is 11.9 Å². The second-order valence-electron chi connectivity index (χ2n) is 4.11. The first-order chi connectivity index (χ1) is 8.29. The highest BCUT2D eigenvalue weighted by Crippen LogP contribution is 2.17. The third-order valence-corrected chi connectivity index (χ3v) is 2.88. The van der Waals surface area contributed by atoms with E-state index in [4.69, 9.17) is 16.3 Å². The molecule has 92 valence electrons. The van der Waals surface area contributed by atoms with Gasteiger partial charge >= 0.3 is 0 Å². The smallest absolute Gasteiger partial charge is 0.150 e. The molecule has 1 fully saturated rings. The maximum atomic E-state index is 5.87. The quantitative estimate of drug-likeness (QED) is 0.306. The maximum Gasteiger partial charge on any atom is 0.150 e. The van der Waals surface area contributed by atoms with Crippen molar-refractivity contribution in [2.45, 2.75) is 18.9 Å². The number of amidine groups is 1. The molecule has 1 aromatic rings. The molecule has 2 rings (SSSR count). The summed E-state index contributed by atoms with van der Waals surface area (Å²) >= 11 is 0. The molecule has 0 unspecified atom stereocenters. The van der Waals surface area contributed by atoms with Crippen molar-refractivity contribution in [1.29, 1.82) is 0 Å². The molecule has 0 aromatic heterocycles. The molecule has 1 aromatic carbocycles. The zero-order valence-electron chi connectivity index (χ0n) is 9.73. The van der Waals surface area contributed by atoms with E-state index in [1.807, 2.05) is 24.3 Å². The summed E-state index contributed by atoms with van der Waals surface area (Å²) in [5, 5.41) is 6.76. The van der Waals surface area contributed by atoms with Crippen LogP contribution in [0.25, 0.3) is 0 Å². The number of hydrogen-bond donors (Lipinski definition) is 3. The second-order valence-corrected chi connectivity index (χ2v) is 4.11. The molecule has 5 nitrogen and oxygen atoms in total. The van der Waals surface area contributed by atoms with Crippen LogP contribution in [0.4, 0.5) is 0 Å². The van der Waals surface area contributed by atoms with E-state index in [2.05, 4.69) is 10.4 Å². The van der Waals surface area contributed by atoms with Crippen molar-refractivity contribution in [3.8, 4) is 5.75 Å². The van der Waals surface area contributed by atoms with Crippen LogP contribution >= 0.6 is 0 Å². The van der Waals surface area contributed by atoms with E-state index in [9.17, 15) is 0 Å². The van der Waals surface area contributed by atoms with Gasteiger partial charge in [0, 0.05) is 5.56 Å². The van der Waals surface area contributed by atoms with Crippen molar-refractivity contribution < 1.29 is 4.74 Å². The summed E-state index contributed by atoms with van der Waals surface area (Å²) in [6, 6.07) is 7.52. The van der Waals surface area contributed by atoms with Crippen molar-refractivity contribution in [2.75, 3.05) is 13.1 Å². The van der Waals surface area contributed by atoms with Crippen LogP contribution in [0.15, 0.2) is 29.4 Å². The Balaban J connectivity index is 1.97. The summed E-state index contributed by atoms with van der Waals surface area (Å²) in [6.45, 7) is 2.05. The van der Waals surface area contributed by atoms with Crippen molar-refractivity contribution >= 4 is 5.84 Å². The number of nitrogens with two attached hydrogens (primary N) is 2. The largest absolute Gasteiger partial charge is 0.490 e. The average Bonchev–Trinajstić information content (AvgIpc) is 2.40. The number of benzene rings is 1. The predicted octanol–water partition coefficient (Wildman–Crippen LogP) is 0.396. The van der Waals surface area contributed by atoms with E-state index in [0.717, 1.165) is 37.2 Å². The zero-order valence-corrected chi connectivity index (χ0v) is 9.73. The Morgan fingerprint density at radius 2 is 1.88 bits per heavy atom. The molecule has 1 aliphatic rings. The topological polar surface area (TPSA) is 85.7 Å². The minimum absolute atomic E-state index is 0.308. The first kappa shape index (κ1) is 11.7. The molecule has 0 radical (unpaired) electrons. The van der Waals surface area contributed by atoms with Gasteiger partial charge in [-0.1, -0.05) is 0 Å². The molecule has 0 atom stereocenters. The van der Waals surface area contributed by atoms with Gasteiger partial charge in [-0.2, -0.15) is 5.10 Å². The number of ether oxygens (including phenoxy) is 1. The minimum Gasteiger partial charge on any atom is -0.490 e. The van der Waals surface area contributed by atoms with Gasteiger partial charge in [0.2, 0.25) is 0 Å². The van der Waals surface area contributed by atoms with Gasteiger partial charge in [0.1, 0.15) is 17.7 Å². The molecule has 0 amide bonds. The SMILES string of the molecule is N/N=C(\N)c1ccc(OC2CCNCC2)cc1. The summed E-state index contributed by atoms with van der Waals surface area (Å²) in [7, 11) is 0. The van der Waals surface area contributed by atoms with Crippen LogP contribution < -0.4 is 21.6 Å². The fourth-order valence-corrected chi connectivity index (χ4v) is 1.88. The molecule has 0 bridgehead atoms. The first-order valence-corrected chi connectivity index (χ1v) is 5.81. The van der Waals surface area contributed by atoms with E-state index in [1.54, 1.807) is 0 Å². The van der Waals surface area contributed by atoms with Gasteiger partial charge in [-0.3, -0.25) is 0 Å². The van der Waals surface area contributed by atoms with Gasteiger partial charge in [-0.05, 0) is 50.2 Å². The minimum atomic E-state index is 0.308. The fraction of sp³-hybridized carbons (Fsp3) is 0.417. The Hall–Kier alpha value is -1.75. The highest BCUT2D eigenvalue weighted by Gasteiger charge is 2.14. The van der Waals surface area contributed by atoms with Gasteiger partial charge < -0.3 is 21.6 Å². The fourth-order valence-electron chi connectivity index (χ4n) is 1.88. The van der Waals surface area contributed by atoms with Crippen molar-refractivity contribution in [3.05, 3.63) is 29.8 Å². The number of rotatable bonds is 3. The lowest BCUT2D eigenvalue weighted by Gasteiger charge is -2.23. The Morgan fingerprint density at radius 3 is 2.47 bits per heavy atom. The molecule has 1 heterocycles. The van der Waals surface area contributed by atoms with Gasteiger partial charge in [-0.15, -0.1) is 0 Å². The van der Waals surface area contributed by atoms with E-state index in [-0.39, 0.29) is 0 Å². The van der Waals surface area contributed by atoms with E-state index >= 15 is 0 Å². The molecular weight excluding hydrogens is 216 g/mol. The molecule has 1 saturated heterocycles. The molecule has 17 heavy (non-hydrogen) atoms. The highest BCUT2D eigenvalue weighted by atomic mass is 16.5. The number of hydrogen-bond acceptors (Lipinski definition) is 4. The number of piperidine rings is 1. The first-order valence-electron chi connectivity index (χ1n) is 5.81. The summed E-state index contributed by atoms with van der Waals surface area (Å²) in [4.78, 5) is 0. The predicted molar refractivity (Wildman–Crippen MR) is 67.9 cm³/mol. The molecule has 0 saturated carbocycles. The van der Waals surface area contributed by atoms with Gasteiger partial charge in [0.15, 0.2) is 0 Å². The Bertz CT molecular complexity index is 382. The third-order valence-electron chi connectivity index (χ3n) is 2.88. The van der Waals surface area contributed by atoms with Crippen molar-refractivity contribution in [1.82, 2.24) is 5.32 Å². The highest BCUT2D eigenvalue weighted by molar-refractivity contribution is 5.97. The molecular formula is C12H18N4O. The Kier molecular flexibility index (Phi) is 3.82. The van der Waals surface area contributed by atoms with Crippen LogP contribution in [0.3, 0.4) is 0 Å². The van der Waals surface area contributed by atoms with Crippen LogP contribution in [-0.4, -0.2) is 25.0 Å². The van der Waals surface area contributed by atoms with Crippen LogP contribution in [0.5, 0.6) is 5.75 Å². The molecule has 5 N–H and O–H groups in total. The number of hydrazone groups is 1. The van der Waals surface area contributed by atoms with Gasteiger partial charge in [-0.25, -0.2) is 0 Å². The Labute approximate surface area is 101 Å². The van der Waals surface area contributed by atoms with Gasteiger partial charge in [0.05, 0.1) is 0 Å². The van der Waals surface area contributed by atoms with Crippen LogP contribution in [0.1, 0.15) is 18.4 Å². The van der Waals surface area contributed by atoms with Crippen LogP contribution in [-0.2, 0) is 0 Å². The summed E-state index contributed by atoms with van der Waals surface area (Å²) in [5.41, 5.74) is 6.41. The molecule has 5 heteroatoms. The third kappa shape index (κ3) is 3.10. The number of nitrogens with zero attached hydrogens (tertiary/aromatic N) is 1. The molecule has 0 aliphatic carbocycles. The Morgan fingerprint density at radius 1 is 1.24 bits per heavy atom. The summed E-state index contributed by atoms with van der Waals surface area (Å²) in [5.74, 6) is 6.31. The lowest BCUT2D eigenvalue weighted by molar-refractivity contribution is 0.162. The lowest BCUT2D eigenvalue weighted by Crippen LogP contribution is -2.34. The lowest BCUT2D eigenvalue weighted by atomic mass is 10.1. The second kappa shape index (κ2) is 5.54. The molecule has 0 spiro atoms. The summed E-state index contributed by atoms with van der Waals surface area (Å²) < 4.78 is 5.87. The van der Waals surface area contributed by atoms with Crippen LogP contribution in [0, 0.1) is 0 Å². The zero-order chi connectivity index (χ0) is 12.1. The summed E-state index contributed by atoms with van der Waals surface area (Å²) in [6.07, 6.45) is 2.41. The van der Waals surface area contributed by atoms with Gasteiger partial charge in [0.25, 0.3) is 0 Å². The maximum absolute atomic E-state index is 5.87. The molecule has 1 aliphatic heterocycles. The van der Waals surface area contributed by atoms with Crippen LogP contribution in [0.2, 0.25) is 0 Å². The number of nitrogens with one attached hydrogen (secondary N) is 1. The van der Waals surface area contributed by atoms with Crippen molar-refractivity contribution in [3.63, 3.8) is 0 Å². The standard InChI is InChI=1S/C12H18N4O/c13-12(16-14)9-1-3-10(4-2-9)17-11-5-7-15-8-6-11/h1-4,11,15H,5-8,14H2,(H2,13,16). The average molecular weight is 234 g/mol. The van der Waals surface area contributed by atoms with E-state index < -0.39 is 0 Å².